The summed E-state index contributed by atoms with van der Waals surface area (Å²) in [6.07, 6.45) is 8.63. The molecule has 90 valence electrons. The Morgan fingerprint density at radius 3 is 0.938 bits per heavy atom. The Bertz CT molecular complexity index is 261. The molecule has 0 radical (unpaired) electrons. The SMILES string of the molecule is C.C=C1CCCC1=C.C=C1CCCCC1=C. The predicted octanol–water partition coefficient (Wildman–Crippen LogP) is 5.59. The van der Waals surface area contributed by atoms with Crippen LogP contribution in [0, 0.1) is 0 Å². The molecule has 0 spiro atoms. The van der Waals surface area contributed by atoms with Gasteiger partial charge in [0.15, 0.2) is 0 Å². The number of allylic oxidation sites excluding steroid dienone is 4. The van der Waals surface area contributed by atoms with E-state index in [9.17, 15) is 0 Å². The molecular formula is C16H26. The molecule has 0 saturated heterocycles. The van der Waals surface area contributed by atoms with Crippen molar-refractivity contribution in [3.8, 4) is 0 Å². The van der Waals surface area contributed by atoms with Crippen molar-refractivity contribution < 1.29 is 0 Å². The molecule has 0 nitrogen and oxygen atoms in total. The summed E-state index contributed by atoms with van der Waals surface area (Å²) >= 11 is 0. The third-order valence-electron chi connectivity index (χ3n) is 3.16. The summed E-state index contributed by atoms with van der Waals surface area (Å²) < 4.78 is 0. The molecule has 2 fully saturated rings. The molecule has 0 aromatic heterocycles. The van der Waals surface area contributed by atoms with Gasteiger partial charge >= 0.3 is 0 Å². The summed E-state index contributed by atoms with van der Waals surface area (Å²) in [5.41, 5.74) is 5.08. The molecule has 0 atom stereocenters. The van der Waals surface area contributed by atoms with Crippen LogP contribution in [0.1, 0.15) is 52.4 Å². The molecular weight excluding hydrogens is 192 g/mol. The minimum absolute atomic E-state index is 0. The highest BCUT2D eigenvalue weighted by molar-refractivity contribution is 5.29. The van der Waals surface area contributed by atoms with Crippen LogP contribution in [0.15, 0.2) is 48.6 Å². The maximum absolute atomic E-state index is 3.90. The molecule has 0 unspecified atom stereocenters. The van der Waals surface area contributed by atoms with E-state index in [0.29, 0.717) is 0 Å². The minimum Gasteiger partial charge on any atom is -0.0956 e. The highest BCUT2D eigenvalue weighted by Crippen LogP contribution is 2.26. The monoisotopic (exact) mass is 218 g/mol. The number of hydrogen-bond acceptors (Lipinski definition) is 0. The molecule has 2 aliphatic rings. The Morgan fingerprint density at radius 2 is 0.750 bits per heavy atom. The molecule has 0 bridgehead atoms. The van der Waals surface area contributed by atoms with Crippen LogP contribution in [0.2, 0.25) is 0 Å². The van der Waals surface area contributed by atoms with Crippen LogP contribution in [0.5, 0.6) is 0 Å². The standard InChI is InChI=1S/C8H12.C7H10.CH4/c1-7-5-3-4-6-8(7)2;1-6-4-3-5-7(6)2;/h1-6H2;1-5H2;1H4. The second-order valence-corrected chi connectivity index (χ2v) is 4.47. The fraction of sp³-hybridized carbons (Fsp3) is 0.500. The third-order valence-corrected chi connectivity index (χ3v) is 3.16. The van der Waals surface area contributed by atoms with Gasteiger partial charge in [-0.3, -0.25) is 0 Å². The van der Waals surface area contributed by atoms with E-state index < -0.39 is 0 Å². The highest BCUT2D eigenvalue weighted by Gasteiger charge is 2.06. The molecule has 2 rings (SSSR count). The summed E-state index contributed by atoms with van der Waals surface area (Å²) in [6, 6.07) is 0. The first-order chi connectivity index (χ1) is 7.11. The van der Waals surface area contributed by atoms with Crippen LogP contribution in [-0.2, 0) is 0 Å². The summed E-state index contributed by atoms with van der Waals surface area (Å²) in [7, 11) is 0. The Labute approximate surface area is 101 Å². The zero-order chi connectivity index (χ0) is 11.3. The summed E-state index contributed by atoms with van der Waals surface area (Å²) in [5, 5.41) is 0. The topological polar surface area (TPSA) is 0 Å². The van der Waals surface area contributed by atoms with Gasteiger partial charge in [-0.25, -0.2) is 0 Å². The molecule has 16 heavy (non-hydrogen) atoms. The average Bonchev–Trinajstić information content (AvgIpc) is 2.57. The normalized spacial score (nSPS) is 20.0. The maximum atomic E-state index is 3.90. The van der Waals surface area contributed by atoms with Gasteiger partial charge in [0.1, 0.15) is 0 Å². The molecule has 0 aromatic rings. The van der Waals surface area contributed by atoms with Gasteiger partial charge in [0, 0.05) is 0 Å². The zero-order valence-electron chi connectivity index (χ0n) is 9.78. The van der Waals surface area contributed by atoms with Gasteiger partial charge in [0.2, 0.25) is 0 Å². The van der Waals surface area contributed by atoms with Crippen molar-refractivity contribution in [2.75, 3.05) is 0 Å². The molecule has 2 aliphatic carbocycles. The number of hydrogen-bond donors (Lipinski definition) is 0. The fourth-order valence-corrected chi connectivity index (χ4v) is 1.90. The van der Waals surface area contributed by atoms with Gasteiger partial charge in [-0.15, -0.1) is 0 Å². The van der Waals surface area contributed by atoms with E-state index in [4.69, 9.17) is 0 Å². The second kappa shape index (κ2) is 7.27. The predicted molar refractivity (Wildman–Crippen MR) is 75.6 cm³/mol. The minimum atomic E-state index is 0. The van der Waals surface area contributed by atoms with Crippen molar-refractivity contribution >= 4 is 0 Å². The molecule has 0 heteroatoms. The smallest absolute Gasteiger partial charge is 0.0279 e. The third kappa shape index (κ3) is 4.65. The molecule has 0 aromatic carbocycles. The average molecular weight is 218 g/mol. The van der Waals surface area contributed by atoms with Gasteiger partial charge in [0.25, 0.3) is 0 Å². The zero-order valence-corrected chi connectivity index (χ0v) is 9.78. The Balaban J connectivity index is 0.000000267. The van der Waals surface area contributed by atoms with E-state index in [1.165, 1.54) is 67.2 Å². The van der Waals surface area contributed by atoms with Crippen molar-refractivity contribution in [2.24, 2.45) is 0 Å². The lowest BCUT2D eigenvalue weighted by atomic mass is 9.92. The highest BCUT2D eigenvalue weighted by atomic mass is 14.1. The van der Waals surface area contributed by atoms with E-state index >= 15 is 0 Å². The van der Waals surface area contributed by atoms with Crippen LogP contribution < -0.4 is 0 Å². The van der Waals surface area contributed by atoms with E-state index in [1.54, 1.807) is 0 Å². The van der Waals surface area contributed by atoms with E-state index in [1.807, 2.05) is 0 Å². The van der Waals surface area contributed by atoms with Gasteiger partial charge in [-0.2, -0.15) is 0 Å². The van der Waals surface area contributed by atoms with Crippen LogP contribution >= 0.6 is 0 Å². The Kier molecular flexibility index (Phi) is 6.80. The Morgan fingerprint density at radius 1 is 0.500 bits per heavy atom. The Hall–Kier alpha value is -1.04. The molecule has 0 amide bonds. The molecule has 0 N–H and O–H groups in total. The first kappa shape index (κ1) is 15.0. The second-order valence-electron chi connectivity index (χ2n) is 4.47. The van der Waals surface area contributed by atoms with E-state index in [0.717, 1.165) is 0 Å². The quantitative estimate of drug-likeness (QED) is 0.497. The van der Waals surface area contributed by atoms with Gasteiger partial charge in [0.05, 0.1) is 0 Å². The lowest BCUT2D eigenvalue weighted by molar-refractivity contribution is 0.682. The van der Waals surface area contributed by atoms with E-state index in [2.05, 4.69) is 26.3 Å². The number of rotatable bonds is 0. The molecule has 2 saturated carbocycles. The van der Waals surface area contributed by atoms with Crippen LogP contribution in [0.3, 0.4) is 0 Å². The molecule has 0 aliphatic heterocycles. The van der Waals surface area contributed by atoms with Crippen molar-refractivity contribution in [3.63, 3.8) is 0 Å². The van der Waals surface area contributed by atoms with Crippen molar-refractivity contribution in [1.82, 2.24) is 0 Å². The van der Waals surface area contributed by atoms with Crippen molar-refractivity contribution in [1.29, 1.82) is 0 Å². The lowest BCUT2D eigenvalue weighted by Gasteiger charge is -2.14. The van der Waals surface area contributed by atoms with Crippen molar-refractivity contribution in [2.45, 2.75) is 52.4 Å². The lowest BCUT2D eigenvalue weighted by Crippen LogP contribution is -1.94. The van der Waals surface area contributed by atoms with Crippen LogP contribution in [0.25, 0.3) is 0 Å². The fourth-order valence-electron chi connectivity index (χ4n) is 1.90. The first-order valence-electron chi connectivity index (χ1n) is 5.83. The van der Waals surface area contributed by atoms with Crippen LogP contribution in [-0.4, -0.2) is 0 Å². The molecule has 0 heterocycles. The summed E-state index contributed by atoms with van der Waals surface area (Å²) in [5.74, 6) is 0. The van der Waals surface area contributed by atoms with E-state index in [-0.39, 0.29) is 7.43 Å². The summed E-state index contributed by atoms with van der Waals surface area (Å²) in [4.78, 5) is 0. The first-order valence-corrected chi connectivity index (χ1v) is 5.83. The van der Waals surface area contributed by atoms with Gasteiger partial charge in [-0.1, -0.05) is 56.0 Å². The summed E-state index contributed by atoms with van der Waals surface area (Å²) in [6.45, 7) is 15.5. The van der Waals surface area contributed by atoms with Gasteiger partial charge in [-0.05, 0) is 44.9 Å². The van der Waals surface area contributed by atoms with Crippen LogP contribution in [0.4, 0.5) is 0 Å². The van der Waals surface area contributed by atoms with Gasteiger partial charge < -0.3 is 0 Å². The largest absolute Gasteiger partial charge is 0.0956 e. The van der Waals surface area contributed by atoms with Crippen molar-refractivity contribution in [3.05, 3.63) is 48.6 Å². The maximum Gasteiger partial charge on any atom is -0.0279 e.